The maximum absolute atomic E-state index is 11.3. The highest BCUT2D eigenvalue weighted by atomic mass is 16.4. The summed E-state index contributed by atoms with van der Waals surface area (Å²) in [6, 6.07) is 7.23. The zero-order valence-electron chi connectivity index (χ0n) is 8.23. The molecule has 1 unspecified atom stereocenters. The van der Waals surface area contributed by atoms with E-state index in [9.17, 15) is 15.0 Å². The lowest BCUT2D eigenvalue weighted by Gasteiger charge is -2.34. The van der Waals surface area contributed by atoms with Crippen LogP contribution in [-0.2, 0) is 10.2 Å². The molecule has 1 aromatic rings. The van der Waals surface area contributed by atoms with Gasteiger partial charge in [-0.3, -0.25) is 4.79 Å². The smallest absolute Gasteiger partial charge is 0.316 e. The Morgan fingerprint density at radius 3 is 2.87 bits per heavy atom. The number of aliphatic hydroxyl groups is 1. The quantitative estimate of drug-likeness (QED) is 0.671. The number of fused-ring (bicyclic) bond motifs is 1. The van der Waals surface area contributed by atoms with Gasteiger partial charge in [-0.2, -0.15) is 0 Å². The molecule has 2 rings (SSSR count). The Morgan fingerprint density at radius 2 is 2.20 bits per heavy atom. The summed E-state index contributed by atoms with van der Waals surface area (Å²) in [6.45, 7) is 0.213. The lowest BCUT2D eigenvalue weighted by atomic mass is 9.75. The molecule has 80 valence electrons. The minimum Gasteiger partial charge on any atom is -0.481 e. The van der Waals surface area contributed by atoms with Crippen LogP contribution < -0.4 is 5.32 Å². The normalized spacial score (nSPS) is 24.1. The molecule has 0 radical (unpaired) electrons. The van der Waals surface area contributed by atoms with Crippen LogP contribution in [0.25, 0.3) is 0 Å². The van der Waals surface area contributed by atoms with Gasteiger partial charge >= 0.3 is 5.97 Å². The Balaban J connectivity index is 2.57. The van der Waals surface area contributed by atoms with Gasteiger partial charge in [0, 0.05) is 12.2 Å². The minimum atomic E-state index is -1.14. The average molecular weight is 207 g/mol. The number of para-hydroxylation sites is 1. The predicted octanol–water partition coefficient (Wildman–Crippen LogP) is 0.817. The third-order valence-electron chi connectivity index (χ3n) is 2.99. The van der Waals surface area contributed by atoms with Crippen molar-refractivity contribution < 1.29 is 15.0 Å². The van der Waals surface area contributed by atoms with E-state index in [0.29, 0.717) is 18.5 Å². The van der Waals surface area contributed by atoms with Crippen LogP contribution in [0.15, 0.2) is 24.3 Å². The van der Waals surface area contributed by atoms with E-state index in [1.807, 2.05) is 12.1 Å². The first-order chi connectivity index (χ1) is 7.20. The molecule has 0 bridgehead atoms. The topological polar surface area (TPSA) is 69.6 Å². The molecule has 0 aromatic heterocycles. The van der Waals surface area contributed by atoms with Gasteiger partial charge in [0.05, 0.1) is 6.61 Å². The largest absolute Gasteiger partial charge is 0.481 e. The second-order valence-corrected chi connectivity index (χ2v) is 3.77. The monoisotopic (exact) mass is 207 g/mol. The molecule has 3 N–H and O–H groups in total. The number of carboxylic acid groups (broad SMARTS) is 1. The summed E-state index contributed by atoms with van der Waals surface area (Å²) in [5.41, 5.74) is 0.341. The summed E-state index contributed by atoms with van der Waals surface area (Å²) in [4.78, 5) is 11.3. The summed E-state index contributed by atoms with van der Waals surface area (Å²) < 4.78 is 0. The summed E-state index contributed by atoms with van der Waals surface area (Å²) in [5.74, 6) is -0.959. The van der Waals surface area contributed by atoms with Gasteiger partial charge in [0.15, 0.2) is 0 Å². The fraction of sp³-hybridized carbons (Fsp3) is 0.364. The number of nitrogens with one attached hydrogen (secondary N) is 1. The molecule has 1 aliphatic rings. The molecule has 1 aliphatic heterocycles. The number of rotatable bonds is 2. The Hall–Kier alpha value is -1.55. The Kier molecular flexibility index (Phi) is 2.36. The molecule has 0 saturated carbocycles. The fourth-order valence-electron chi connectivity index (χ4n) is 2.05. The maximum atomic E-state index is 11.3. The third-order valence-corrected chi connectivity index (χ3v) is 2.99. The molecule has 1 heterocycles. The van der Waals surface area contributed by atoms with Crippen LogP contribution in [0.5, 0.6) is 0 Å². The van der Waals surface area contributed by atoms with Crippen LogP contribution >= 0.6 is 0 Å². The fourth-order valence-corrected chi connectivity index (χ4v) is 2.05. The minimum absolute atomic E-state index is 0.360. The van der Waals surface area contributed by atoms with Gasteiger partial charge in [-0.15, -0.1) is 0 Å². The molecule has 4 nitrogen and oxygen atoms in total. The number of aliphatic hydroxyl groups excluding tert-OH is 1. The van der Waals surface area contributed by atoms with Crippen LogP contribution in [-0.4, -0.2) is 29.3 Å². The first kappa shape index (κ1) is 9.98. The van der Waals surface area contributed by atoms with Gasteiger partial charge in [-0.05, 0) is 18.1 Å². The van der Waals surface area contributed by atoms with E-state index in [1.54, 1.807) is 12.1 Å². The number of carbonyl (C=O) groups is 1. The van der Waals surface area contributed by atoms with Crippen LogP contribution in [0.4, 0.5) is 5.69 Å². The van der Waals surface area contributed by atoms with E-state index in [4.69, 9.17) is 0 Å². The van der Waals surface area contributed by atoms with E-state index >= 15 is 0 Å². The van der Waals surface area contributed by atoms with Gasteiger partial charge in [0.25, 0.3) is 0 Å². The van der Waals surface area contributed by atoms with Gasteiger partial charge in [-0.1, -0.05) is 18.2 Å². The van der Waals surface area contributed by atoms with E-state index in [1.165, 1.54) is 0 Å². The van der Waals surface area contributed by atoms with Crippen molar-refractivity contribution in [1.82, 2.24) is 0 Å². The van der Waals surface area contributed by atoms with Crippen molar-refractivity contribution in [3.05, 3.63) is 29.8 Å². The zero-order chi connectivity index (χ0) is 10.9. The second kappa shape index (κ2) is 3.55. The number of anilines is 1. The summed E-state index contributed by atoms with van der Waals surface area (Å²) in [5, 5.41) is 21.7. The molecule has 0 spiro atoms. The van der Waals surface area contributed by atoms with Crippen LogP contribution in [0.2, 0.25) is 0 Å². The lowest BCUT2D eigenvalue weighted by molar-refractivity contribution is -0.145. The van der Waals surface area contributed by atoms with Crippen LogP contribution in [0.3, 0.4) is 0 Å². The SMILES string of the molecule is O=C(O)C1(CO)CCNc2ccccc21. The number of aliphatic carboxylic acids is 1. The number of carboxylic acids is 1. The van der Waals surface area contributed by atoms with E-state index in [-0.39, 0.29) is 6.61 Å². The van der Waals surface area contributed by atoms with E-state index < -0.39 is 11.4 Å². The molecule has 0 fully saturated rings. The maximum Gasteiger partial charge on any atom is 0.316 e. The van der Waals surface area contributed by atoms with Crippen molar-refractivity contribution in [3.63, 3.8) is 0 Å². The van der Waals surface area contributed by atoms with Crippen molar-refractivity contribution in [1.29, 1.82) is 0 Å². The predicted molar refractivity (Wildman–Crippen MR) is 55.9 cm³/mol. The summed E-state index contributed by atoms with van der Waals surface area (Å²) in [7, 11) is 0. The van der Waals surface area contributed by atoms with Gasteiger partial charge in [-0.25, -0.2) is 0 Å². The number of hydrogen-bond acceptors (Lipinski definition) is 3. The summed E-state index contributed by atoms with van der Waals surface area (Å²) >= 11 is 0. The van der Waals surface area contributed by atoms with E-state index in [0.717, 1.165) is 5.69 Å². The van der Waals surface area contributed by atoms with E-state index in [2.05, 4.69) is 5.32 Å². The Bertz CT molecular complexity index is 391. The van der Waals surface area contributed by atoms with Gasteiger partial charge in [0.1, 0.15) is 5.41 Å². The number of hydrogen-bond donors (Lipinski definition) is 3. The molecule has 0 aliphatic carbocycles. The first-order valence-corrected chi connectivity index (χ1v) is 4.88. The van der Waals surface area contributed by atoms with Crippen LogP contribution in [0, 0.1) is 0 Å². The Labute approximate surface area is 87.6 Å². The average Bonchev–Trinajstić information content (AvgIpc) is 2.28. The molecule has 1 atom stereocenters. The van der Waals surface area contributed by atoms with Crippen molar-refractivity contribution >= 4 is 11.7 Å². The molecular formula is C11H13NO3. The highest BCUT2D eigenvalue weighted by molar-refractivity contribution is 5.85. The molecule has 4 heteroatoms. The summed E-state index contributed by atoms with van der Waals surface area (Å²) in [6.07, 6.45) is 0.413. The highest BCUT2D eigenvalue weighted by Gasteiger charge is 2.43. The second-order valence-electron chi connectivity index (χ2n) is 3.77. The molecular weight excluding hydrogens is 194 g/mol. The zero-order valence-corrected chi connectivity index (χ0v) is 8.23. The van der Waals surface area contributed by atoms with Crippen LogP contribution in [0.1, 0.15) is 12.0 Å². The van der Waals surface area contributed by atoms with Crippen molar-refractivity contribution in [3.8, 4) is 0 Å². The third kappa shape index (κ3) is 1.37. The molecule has 1 aromatic carbocycles. The molecule has 0 amide bonds. The molecule has 15 heavy (non-hydrogen) atoms. The number of benzene rings is 1. The standard InChI is InChI=1S/C11H13NO3/c13-7-11(10(14)15)5-6-12-9-4-2-1-3-8(9)11/h1-4,12-13H,5-7H2,(H,14,15). The molecule has 0 saturated heterocycles. The lowest BCUT2D eigenvalue weighted by Crippen LogP contribution is -2.44. The van der Waals surface area contributed by atoms with Crippen molar-refractivity contribution in [2.75, 3.05) is 18.5 Å². The van der Waals surface area contributed by atoms with Crippen molar-refractivity contribution in [2.24, 2.45) is 0 Å². The first-order valence-electron chi connectivity index (χ1n) is 4.88. The van der Waals surface area contributed by atoms with Crippen molar-refractivity contribution in [2.45, 2.75) is 11.8 Å². The highest BCUT2D eigenvalue weighted by Crippen LogP contribution is 2.36. The Morgan fingerprint density at radius 1 is 1.47 bits per heavy atom. The van der Waals surface area contributed by atoms with Gasteiger partial charge < -0.3 is 15.5 Å². The van der Waals surface area contributed by atoms with Gasteiger partial charge in [0.2, 0.25) is 0 Å².